The zero-order valence-electron chi connectivity index (χ0n) is 16.4. The van der Waals surface area contributed by atoms with Crippen molar-refractivity contribution in [3.05, 3.63) is 64.2 Å². The smallest absolute Gasteiger partial charge is 0.475 e. The molecule has 2 aromatic rings. The van der Waals surface area contributed by atoms with Crippen molar-refractivity contribution in [1.82, 2.24) is 0 Å². The van der Waals surface area contributed by atoms with Crippen LogP contribution in [0.15, 0.2) is 42.5 Å². The number of amides is 1. The Balaban J connectivity index is 0.000000633. The topological polar surface area (TPSA) is 143 Å². The fraction of sp³-hybridized carbons (Fsp3) is 0.200. The minimum Gasteiger partial charge on any atom is -0.475 e. The molecule has 0 aliphatic heterocycles. The molecular formula is C20H17ClF3N3O5. The molecule has 2 aromatic carbocycles. The first kappa shape index (κ1) is 26.4. The van der Waals surface area contributed by atoms with Crippen LogP contribution in [-0.4, -0.2) is 42.3 Å². The summed E-state index contributed by atoms with van der Waals surface area (Å²) in [5.74, 6) is -3.65. The maximum Gasteiger partial charge on any atom is 0.490 e. The van der Waals surface area contributed by atoms with E-state index < -0.39 is 30.1 Å². The Morgan fingerprint density at radius 1 is 1.22 bits per heavy atom. The molecule has 8 nitrogen and oxygen atoms in total. The molecule has 0 fully saturated rings. The van der Waals surface area contributed by atoms with Gasteiger partial charge in [0.25, 0.3) is 5.91 Å². The third-order valence-corrected chi connectivity index (χ3v) is 4.08. The molecule has 0 aromatic heterocycles. The van der Waals surface area contributed by atoms with Crippen LogP contribution in [0.3, 0.4) is 0 Å². The summed E-state index contributed by atoms with van der Waals surface area (Å²) in [7, 11) is 1.28. The fourth-order valence-corrected chi connectivity index (χ4v) is 2.38. The average molecular weight is 472 g/mol. The first-order chi connectivity index (χ1) is 14.9. The number of carbonyl (C=O) groups is 3. The van der Waals surface area contributed by atoms with Crippen LogP contribution in [-0.2, 0) is 20.7 Å². The highest BCUT2D eigenvalue weighted by Gasteiger charge is 2.38. The summed E-state index contributed by atoms with van der Waals surface area (Å²) >= 11 is 6.01. The second-order valence-electron chi connectivity index (χ2n) is 6.09. The predicted octanol–water partition coefficient (Wildman–Crippen LogP) is 3.14. The van der Waals surface area contributed by atoms with Crippen LogP contribution >= 0.6 is 11.6 Å². The Labute approximate surface area is 185 Å². The second-order valence-corrected chi connectivity index (χ2v) is 6.50. The maximum atomic E-state index is 12.3. The standard InChI is InChI=1S/C18H16ClN3O3.C2HF3O2/c1-25-18(24)16(21)9-11-2-5-13(6-3-11)22-17(23)14-8-12(10-20)4-7-15(14)19;3-2(4,5)1(6)7/h2-8,16H,9,21H2,1H3,(H,22,23);(H,6,7)/t16-;/m0./s1. The largest absolute Gasteiger partial charge is 0.490 e. The van der Waals surface area contributed by atoms with Gasteiger partial charge in [-0.3, -0.25) is 9.59 Å². The first-order valence-corrected chi connectivity index (χ1v) is 9.00. The molecule has 12 heteroatoms. The third-order valence-electron chi connectivity index (χ3n) is 3.75. The number of benzene rings is 2. The molecule has 0 bridgehead atoms. The van der Waals surface area contributed by atoms with Gasteiger partial charge in [0.15, 0.2) is 0 Å². The van der Waals surface area contributed by atoms with Gasteiger partial charge in [-0.25, -0.2) is 4.79 Å². The molecule has 32 heavy (non-hydrogen) atoms. The molecule has 0 spiro atoms. The van der Waals surface area contributed by atoms with Crippen LogP contribution in [0.4, 0.5) is 18.9 Å². The van der Waals surface area contributed by atoms with Crippen molar-refractivity contribution in [3.63, 3.8) is 0 Å². The van der Waals surface area contributed by atoms with Crippen molar-refractivity contribution in [1.29, 1.82) is 5.26 Å². The van der Waals surface area contributed by atoms with E-state index in [1.165, 1.54) is 19.2 Å². The van der Waals surface area contributed by atoms with E-state index in [1.54, 1.807) is 30.3 Å². The summed E-state index contributed by atoms with van der Waals surface area (Å²) in [5.41, 5.74) is 7.67. The number of nitrogens with two attached hydrogens (primary N) is 1. The predicted molar refractivity (Wildman–Crippen MR) is 108 cm³/mol. The van der Waals surface area contributed by atoms with E-state index in [0.717, 1.165) is 5.56 Å². The normalized spacial score (nSPS) is 11.3. The van der Waals surface area contributed by atoms with Gasteiger partial charge in [0.2, 0.25) is 0 Å². The second kappa shape index (κ2) is 11.7. The number of anilines is 1. The highest BCUT2D eigenvalue weighted by molar-refractivity contribution is 6.34. The van der Waals surface area contributed by atoms with Gasteiger partial charge in [0.1, 0.15) is 6.04 Å². The molecule has 0 saturated carbocycles. The number of nitrogens with zero attached hydrogens (tertiary/aromatic N) is 1. The van der Waals surface area contributed by atoms with Crippen LogP contribution < -0.4 is 11.1 Å². The van der Waals surface area contributed by atoms with Gasteiger partial charge in [-0.2, -0.15) is 18.4 Å². The molecule has 1 amide bonds. The lowest BCUT2D eigenvalue weighted by atomic mass is 10.1. The summed E-state index contributed by atoms with van der Waals surface area (Å²) < 4.78 is 36.3. The minimum atomic E-state index is -5.08. The van der Waals surface area contributed by atoms with Crippen LogP contribution in [0.5, 0.6) is 0 Å². The van der Waals surface area contributed by atoms with Gasteiger partial charge in [-0.15, -0.1) is 0 Å². The van der Waals surface area contributed by atoms with Crippen LogP contribution in [0.2, 0.25) is 5.02 Å². The number of ether oxygens (including phenoxy) is 1. The summed E-state index contributed by atoms with van der Waals surface area (Å²) in [6.45, 7) is 0. The van der Waals surface area contributed by atoms with E-state index >= 15 is 0 Å². The molecule has 1 atom stereocenters. The highest BCUT2D eigenvalue weighted by atomic mass is 35.5. The quantitative estimate of drug-likeness (QED) is 0.568. The summed E-state index contributed by atoms with van der Waals surface area (Å²) in [6, 6.07) is 12.6. The van der Waals surface area contributed by atoms with E-state index in [2.05, 4.69) is 10.1 Å². The van der Waals surface area contributed by atoms with E-state index in [1.807, 2.05) is 6.07 Å². The number of methoxy groups -OCH3 is 1. The Morgan fingerprint density at radius 3 is 2.25 bits per heavy atom. The maximum absolute atomic E-state index is 12.3. The summed E-state index contributed by atoms with van der Waals surface area (Å²) in [6.07, 6.45) is -4.75. The van der Waals surface area contributed by atoms with Crippen molar-refractivity contribution in [3.8, 4) is 6.07 Å². The van der Waals surface area contributed by atoms with Crippen molar-refractivity contribution in [2.24, 2.45) is 5.73 Å². The van der Waals surface area contributed by atoms with Gasteiger partial charge < -0.3 is 20.9 Å². The zero-order chi connectivity index (χ0) is 24.5. The number of esters is 1. The monoisotopic (exact) mass is 471 g/mol. The number of halogens is 4. The molecule has 0 aliphatic carbocycles. The van der Waals surface area contributed by atoms with Gasteiger partial charge in [0, 0.05) is 5.69 Å². The lowest BCUT2D eigenvalue weighted by molar-refractivity contribution is -0.192. The molecule has 170 valence electrons. The number of rotatable bonds is 5. The fourth-order valence-electron chi connectivity index (χ4n) is 2.18. The van der Waals surface area contributed by atoms with Gasteiger partial charge in [0.05, 0.1) is 29.3 Å². The highest BCUT2D eigenvalue weighted by Crippen LogP contribution is 2.20. The van der Waals surface area contributed by atoms with Crippen molar-refractivity contribution < 1.29 is 37.4 Å². The Kier molecular flexibility index (Phi) is 9.65. The summed E-state index contributed by atoms with van der Waals surface area (Å²) in [4.78, 5) is 32.5. The Hall–Kier alpha value is -3.62. The van der Waals surface area contributed by atoms with E-state index in [-0.39, 0.29) is 10.6 Å². The van der Waals surface area contributed by atoms with Gasteiger partial charge in [-0.1, -0.05) is 23.7 Å². The molecule has 2 rings (SSSR count). The van der Waals surface area contributed by atoms with Crippen molar-refractivity contribution in [2.75, 3.05) is 12.4 Å². The number of aliphatic carboxylic acids is 1. The summed E-state index contributed by atoms with van der Waals surface area (Å²) in [5, 5.41) is 19.0. The van der Waals surface area contributed by atoms with Crippen LogP contribution in [0.1, 0.15) is 21.5 Å². The number of hydrogen-bond donors (Lipinski definition) is 3. The van der Waals surface area contributed by atoms with Crippen LogP contribution in [0, 0.1) is 11.3 Å². The molecule has 0 unspecified atom stereocenters. The van der Waals surface area contributed by atoms with Crippen molar-refractivity contribution in [2.45, 2.75) is 18.6 Å². The number of alkyl halides is 3. The number of hydrogen-bond acceptors (Lipinski definition) is 6. The number of nitriles is 1. The number of carbonyl (C=O) groups excluding carboxylic acids is 2. The Bertz CT molecular complexity index is 1020. The average Bonchev–Trinajstić information content (AvgIpc) is 2.74. The number of carboxylic acid groups (broad SMARTS) is 1. The molecule has 0 heterocycles. The van der Waals surface area contributed by atoms with Crippen molar-refractivity contribution >= 4 is 35.1 Å². The lowest BCUT2D eigenvalue weighted by Crippen LogP contribution is -2.33. The van der Waals surface area contributed by atoms with Gasteiger partial charge >= 0.3 is 18.1 Å². The molecule has 4 N–H and O–H groups in total. The number of nitrogens with one attached hydrogen (secondary N) is 1. The molecule has 0 aliphatic rings. The van der Waals surface area contributed by atoms with E-state index in [9.17, 15) is 22.8 Å². The number of carboxylic acids is 1. The first-order valence-electron chi connectivity index (χ1n) is 8.62. The minimum absolute atomic E-state index is 0.220. The van der Waals surface area contributed by atoms with E-state index in [4.69, 9.17) is 32.5 Å². The molecule has 0 saturated heterocycles. The molecule has 0 radical (unpaired) electrons. The lowest BCUT2D eigenvalue weighted by Gasteiger charge is -2.11. The SMILES string of the molecule is COC(=O)[C@@H](N)Cc1ccc(NC(=O)c2cc(C#N)ccc2Cl)cc1.O=C(O)C(F)(F)F. The third kappa shape index (κ3) is 8.25. The molecular weight excluding hydrogens is 455 g/mol. The van der Waals surface area contributed by atoms with Gasteiger partial charge in [-0.05, 0) is 42.3 Å². The van der Waals surface area contributed by atoms with E-state index in [0.29, 0.717) is 17.7 Å². The van der Waals surface area contributed by atoms with Crippen LogP contribution in [0.25, 0.3) is 0 Å². The zero-order valence-corrected chi connectivity index (χ0v) is 17.2. The Morgan fingerprint density at radius 2 is 1.78 bits per heavy atom.